The topological polar surface area (TPSA) is 68.0 Å². The van der Waals surface area contributed by atoms with E-state index in [-0.39, 0.29) is 12.5 Å². The fourth-order valence-corrected chi connectivity index (χ4v) is 2.37. The Kier molecular flexibility index (Phi) is 3.48. The predicted molar refractivity (Wildman–Crippen MR) is 65.4 cm³/mol. The second kappa shape index (κ2) is 5.05. The maximum absolute atomic E-state index is 10.9. The first kappa shape index (κ1) is 11.0. The lowest BCUT2D eigenvalue weighted by atomic mass is 10.3. The number of hydrogen-bond donors (Lipinski definition) is 2. The van der Waals surface area contributed by atoms with E-state index in [0.29, 0.717) is 6.54 Å². The lowest BCUT2D eigenvalue weighted by Gasteiger charge is -1.99. The zero-order chi connectivity index (χ0) is 11.4. The molecule has 0 saturated heterocycles. The molecule has 4 nitrogen and oxygen atoms in total. The van der Waals surface area contributed by atoms with Gasteiger partial charge in [-0.05, 0) is 12.1 Å². The van der Waals surface area contributed by atoms with Crippen molar-refractivity contribution >= 4 is 27.5 Å². The number of nitrogens with one attached hydrogen (secondary N) is 1. The summed E-state index contributed by atoms with van der Waals surface area (Å²) in [5, 5.41) is 3.77. The van der Waals surface area contributed by atoms with Crippen molar-refractivity contribution in [3.8, 4) is 0 Å². The number of nitrogens with zero attached hydrogens (tertiary/aromatic N) is 1. The number of rotatable bonds is 4. The first-order chi connectivity index (χ1) is 7.79. The minimum atomic E-state index is -0.124. The van der Waals surface area contributed by atoms with Crippen molar-refractivity contribution in [2.24, 2.45) is 5.73 Å². The number of carbonyl (C=O) groups is 1. The van der Waals surface area contributed by atoms with Crippen molar-refractivity contribution in [1.82, 2.24) is 10.3 Å². The van der Waals surface area contributed by atoms with Crippen LogP contribution >= 0.6 is 11.3 Å². The zero-order valence-electron chi connectivity index (χ0n) is 8.77. The van der Waals surface area contributed by atoms with Crippen LogP contribution in [0.4, 0.5) is 0 Å². The molecule has 84 valence electrons. The number of hydrogen-bond acceptors (Lipinski definition) is 4. The fraction of sp³-hybridized carbons (Fsp3) is 0.273. The Labute approximate surface area is 97.5 Å². The molecule has 0 unspecified atom stereocenters. The van der Waals surface area contributed by atoms with Gasteiger partial charge in [-0.15, -0.1) is 11.3 Å². The number of nitrogens with two attached hydrogens (primary N) is 1. The Morgan fingerprint density at radius 3 is 3.00 bits per heavy atom. The van der Waals surface area contributed by atoms with Gasteiger partial charge in [-0.1, -0.05) is 12.1 Å². The van der Waals surface area contributed by atoms with Crippen molar-refractivity contribution in [1.29, 1.82) is 0 Å². The molecule has 0 bridgehead atoms. The smallest absolute Gasteiger partial charge is 0.233 e. The first-order valence-corrected chi connectivity index (χ1v) is 5.92. The van der Waals surface area contributed by atoms with Gasteiger partial charge < -0.3 is 11.1 Å². The van der Waals surface area contributed by atoms with Crippen LogP contribution in [0.1, 0.15) is 5.01 Å². The molecule has 1 amide bonds. The molecule has 0 aliphatic heterocycles. The van der Waals surface area contributed by atoms with Crippen LogP contribution in [0.5, 0.6) is 0 Å². The van der Waals surface area contributed by atoms with Crippen LogP contribution < -0.4 is 11.1 Å². The molecule has 0 fully saturated rings. The summed E-state index contributed by atoms with van der Waals surface area (Å²) in [5.41, 5.74) is 6.21. The number of thiazole rings is 1. The normalized spacial score (nSPS) is 10.6. The third-order valence-corrected chi connectivity index (χ3v) is 3.28. The monoisotopic (exact) mass is 235 g/mol. The van der Waals surface area contributed by atoms with Crippen molar-refractivity contribution in [2.75, 3.05) is 13.1 Å². The van der Waals surface area contributed by atoms with Gasteiger partial charge in [0.2, 0.25) is 5.91 Å². The van der Waals surface area contributed by atoms with Crippen LogP contribution in [0, 0.1) is 0 Å². The van der Waals surface area contributed by atoms with Gasteiger partial charge in [0.1, 0.15) is 0 Å². The standard InChI is InChI=1S/C11H13N3OS/c12-7-10(15)13-6-5-11-14-8-3-1-2-4-9(8)16-11/h1-4H,5-7,12H2,(H,13,15). The molecule has 3 N–H and O–H groups in total. The van der Waals surface area contributed by atoms with Crippen LogP contribution in [-0.4, -0.2) is 24.0 Å². The zero-order valence-corrected chi connectivity index (χ0v) is 9.59. The van der Waals surface area contributed by atoms with E-state index in [1.807, 2.05) is 18.2 Å². The lowest BCUT2D eigenvalue weighted by molar-refractivity contribution is -0.119. The Hall–Kier alpha value is -1.46. The summed E-state index contributed by atoms with van der Waals surface area (Å²) in [6.45, 7) is 0.635. The molecule has 0 spiro atoms. The Balaban J connectivity index is 1.97. The maximum atomic E-state index is 10.9. The first-order valence-electron chi connectivity index (χ1n) is 5.11. The third-order valence-electron chi connectivity index (χ3n) is 2.18. The van der Waals surface area contributed by atoms with E-state index in [1.165, 1.54) is 4.70 Å². The molecule has 1 aromatic heterocycles. The molecule has 2 rings (SSSR count). The molecule has 1 aromatic carbocycles. The Morgan fingerprint density at radius 1 is 1.44 bits per heavy atom. The van der Waals surface area contributed by atoms with Crippen LogP contribution in [0.15, 0.2) is 24.3 Å². The Bertz CT molecular complexity index is 462. The van der Waals surface area contributed by atoms with E-state index in [2.05, 4.69) is 16.4 Å². The maximum Gasteiger partial charge on any atom is 0.233 e. The SMILES string of the molecule is NCC(=O)NCCc1nc2ccccc2s1. The summed E-state index contributed by atoms with van der Waals surface area (Å²) in [6, 6.07) is 8.02. The minimum absolute atomic E-state index is 0.0415. The van der Waals surface area contributed by atoms with Gasteiger partial charge in [-0.2, -0.15) is 0 Å². The van der Waals surface area contributed by atoms with Gasteiger partial charge in [0.05, 0.1) is 21.8 Å². The average molecular weight is 235 g/mol. The second-order valence-electron chi connectivity index (χ2n) is 3.38. The third kappa shape index (κ3) is 2.56. The molecular weight excluding hydrogens is 222 g/mol. The van der Waals surface area contributed by atoms with Gasteiger partial charge in [-0.25, -0.2) is 4.98 Å². The summed E-state index contributed by atoms with van der Waals surface area (Å²) in [4.78, 5) is 15.4. The summed E-state index contributed by atoms with van der Waals surface area (Å²) < 4.78 is 1.18. The van der Waals surface area contributed by atoms with E-state index in [0.717, 1.165) is 16.9 Å². The van der Waals surface area contributed by atoms with Gasteiger partial charge in [0, 0.05) is 13.0 Å². The van der Waals surface area contributed by atoms with Crippen LogP contribution in [0.2, 0.25) is 0 Å². The molecule has 0 atom stereocenters. The average Bonchev–Trinajstić information content (AvgIpc) is 2.71. The molecule has 0 saturated carbocycles. The molecule has 5 heteroatoms. The van der Waals surface area contributed by atoms with Gasteiger partial charge in [0.25, 0.3) is 0 Å². The highest BCUT2D eigenvalue weighted by molar-refractivity contribution is 7.18. The van der Waals surface area contributed by atoms with E-state index in [1.54, 1.807) is 11.3 Å². The number of fused-ring (bicyclic) bond motifs is 1. The fourth-order valence-electron chi connectivity index (χ4n) is 1.41. The van der Waals surface area contributed by atoms with Crippen LogP contribution in [-0.2, 0) is 11.2 Å². The highest BCUT2D eigenvalue weighted by atomic mass is 32.1. The summed E-state index contributed by atoms with van der Waals surface area (Å²) in [7, 11) is 0. The van der Waals surface area contributed by atoms with Crippen LogP contribution in [0.25, 0.3) is 10.2 Å². The van der Waals surface area contributed by atoms with Gasteiger partial charge in [-0.3, -0.25) is 4.79 Å². The van der Waals surface area contributed by atoms with Crippen LogP contribution in [0.3, 0.4) is 0 Å². The number of aromatic nitrogens is 1. The van der Waals surface area contributed by atoms with Gasteiger partial charge in [0.15, 0.2) is 0 Å². The summed E-state index contributed by atoms with van der Waals surface area (Å²) in [6.07, 6.45) is 0.755. The molecule has 2 aromatic rings. The number of benzene rings is 1. The van der Waals surface area contributed by atoms with Gasteiger partial charge >= 0.3 is 0 Å². The van der Waals surface area contributed by atoms with Crippen molar-refractivity contribution in [3.63, 3.8) is 0 Å². The molecule has 1 heterocycles. The molecule has 0 aliphatic carbocycles. The van der Waals surface area contributed by atoms with Crippen molar-refractivity contribution < 1.29 is 4.79 Å². The number of amides is 1. The van der Waals surface area contributed by atoms with E-state index >= 15 is 0 Å². The van der Waals surface area contributed by atoms with Crippen molar-refractivity contribution in [3.05, 3.63) is 29.3 Å². The molecular formula is C11H13N3OS. The van der Waals surface area contributed by atoms with E-state index in [9.17, 15) is 4.79 Å². The Morgan fingerprint density at radius 2 is 2.25 bits per heavy atom. The van der Waals surface area contributed by atoms with Crippen molar-refractivity contribution in [2.45, 2.75) is 6.42 Å². The second-order valence-corrected chi connectivity index (χ2v) is 4.49. The highest BCUT2D eigenvalue weighted by Crippen LogP contribution is 2.21. The summed E-state index contributed by atoms with van der Waals surface area (Å²) >= 11 is 1.66. The predicted octanol–water partition coefficient (Wildman–Crippen LogP) is 0.914. The number of para-hydroxylation sites is 1. The lowest BCUT2D eigenvalue weighted by Crippen LogP contribution is -2.31. The largest absolute Gasteiger partial charge is 0.355 e. The number of carbonyl (C=O) groups excluding carboxylic acids is 1. The summed E-state index contributed by atoms with van der Waals surface area (Å²) in [5.74, 6) is -0.124. The quantitative estimate of drug-likeness (QED) is 0.827. The molecule has 0 aliphatic rings. The van der Waals surface area contributed by atoms with E-state index < -0.39 is 0 Å². The molecule has 16 heavy (non-hydrogen) atoms. The molecule has 0 radical (unpaired) electrons. The highest BCUT2D eigenvalue weighted by Gasteiger charge is 2.03. The van der Waals surface area contributed by atoms with E-state index in [4.69, 9.17) is 5.73 Å². The minimum Gasteiger partial charge on any atom is -0.355 e.